The molecule has 0 radical (unpaired) electrons. The van der Waals surface area contributed by atoms with Gasteiger partial charge in [0, 0.05) is 19.2 Å². The van der Waals surface area contributed by atoms with Crippen LogP contribution in [0.2, 0.25) is 0 Å². The summed E-state index contributed by atoms with van der Waals surface area (Å²) in [5, 5.41) is 19.8. The molecule has 7 heteroatoms. The van der Waals surface area contributed by atoms with Crippen LogP contribution < -0.4 is 10.5 Å². The molecule has 82 valence electrons. The number of amidine groups is 1. The van der Waals surface area contributed by atoms with E-state index < -0.39 is 0 Å². The molecule has 1 rings (SSSR count). The number of hydrogen-bond donors (Lipinski definition) is 3. The normalized spacial score (nSPS) is 11.4. The van der Waals surface area contributed by atoms with Crippen LogP contribution in [0.4, 0.5) is 0 Å². The van der Waals surface area contributed by atoms with E-state index in [1.54, 1.807) is 0 Å². The molecule has 0 saturated heterocycles. The van der Waals surface area contributed by atoms with Gasteiger partial charge in [-0.05, 0) is 6.07 Å². The third-order valence-electron chi connectivity index (χ3n) is 1.54. The summed E-state index contributed by atoms with van der Waals surface area (Å²) in [6, 6.07) is 1.63. The Labute approximate surface area is 86.2 Å². The van der Waals surface area contributed by atoms with Crippen molar-refractivity contribution in [1.29, 1.82) is 0 Å². The number of ether oxygens (including phenoxy) is 1. The van der Waals surface area contributed by atoms with E-state index in [1.165, 1.54) is 12.3 Å². The fourth-order valence-corrected chi connectivity index (χ4v) is 0.832. The maximum atomic E-state index is 8.53. The van der Waals surface area contributed by atoms with Gasteiger partial charge >= 0.3 is 6.01 Å². The topological polar surface area (TPSA) is 114 Å². The minimum Gasteiger partial charge on any atom is -0.463 e. The first-order valence-electron chi connectivity index (χ1n) is 4.32. The number of nitrogens with zero attached hydrogens (tertiary/aromatic N) is 3. The molecule has 7 nitrogen and oxygen atoms in total. The van der Waals surface area contributed by atoms with Crippen LogP contribution in [0.3, 0.4) is 0 Å². The molecule has 0 unspecified atom stereocenters. The molecule has 0 atom stereocenters. The summed E-state index contributed by atoms with van der Waals surface area (Å²) < 4.78 is 5.11. The largest absolute Gasteiger partial charge is 0.463 e. The van der Waals surface area contributed by atoms with Crippen LogP contribution in [0.1, 0.15) is 12.1 Å². The Kier molecular flexibility index (Phi) is 4.30. The summed E-state index contributed by atoms with van der Waals surface area (Å²) in [6.07, 6.45) is 1.94. The minimum absolute atomic E-state index is 0.0416. The summed E-state index contributed by atoms with van der Waals surface area (Å²) in [6.45, 7) is 0.357. The van der Waals surface area contributed by atoms with Gasteiger partial charge in [-0.25, -0.2) is 4.98 Å². The van der Waals surface area contributed by atoms with Gasteiger partial charge < -0.3 is 20.8 Å². The van der Waals surface area contributed by atoms with E-state index in [0.717, 1.165) is 0 Å². The lowest BCUT2D eigenvalue weighted by Crippen LogP contribution is -2.16. The van der Waals surface area contributed by atoms with Gasteiger partial charge in [0.15, 0.2) is 5.84 Å². The van der Waals surface area contributed by atoms with Gasteiger partial charge in [-0.3, -0.25) is 0 Å². The van der Waals surface area contributed by atoms with Crippen LogP contribution in [-0.4, -0.2) is 39.3 Å². The standard InChI is InChI=1S/C8H12N4O3/c9-7(12-14)6-2-3-10-8(11-6)15-5-1-4-13/h2-3,13-14H,1,4-5H2,(H2,9,12). The quantitative estimate of drug-likeness (QED) is 0.196. The minimum atomic E-state index is -0.107. The molecule has 0 aliphatic carbocycles. The fraction of sp³-hybridized carbons (Fsp3) is 0.375. The van der Waals surface area contributed by atoms with Gasteiger partial charge in [-0.2, -0.15) is 4.98 Å². The number of aliphatic hydroxyl groups excluding tert-OH is 1. The van der Waals surface area contributed by atoms with Crippen molar-refractivity contribution in [2.45, 2.75) is 6.42 Å². The highest BCUT2D eigenvalue weighted by Crippen LogP contribution is 2.03. The predicted octanol–water partition coefficient (Wildman–Crippen LogP) is -0.668. The van der Waals surface area contributed by atoms with Gasteiger partial charge in [0.2, 0.25) is 0 Å². The molecule has 0 aliphatic rings. The van der Waals surface area contributed by atoms with Crippen LogP contribution in [0.15, 0.2) is 17.4 Å². The Morgan fingerprint density at radius 2 is 2.40 bits per heavy atom. The maximum Gasteiger partial charge on any atom is 0.317 e. The zero-order chi connectivity index (χ0) is 11.1. The number of aromatic nitrogens is 2. The monoisotopic (exact) mass is 212 g/mol. The summed E-state index contributed by atoms with van der Waals surface area (Å²) in [4.78, 5) is 7.71. The van der Waals surface area contributed by atoms with Crippen molar-refractivity contribution in [3.63, 3.8) is 0 Å². The Morgan fingerprint density at radius 1 is 1.60 bits per heavy atom. The highest BCUT2D eigenvalue weighted by molar-refractivity contribution is 5.95. The Morgan fingerprint density at radius 3 is 3.07 bits per heavy atom. The van der Waals surface area contributed by atoms with Crippen LogP contribution in [0.25, 0.3) is 0 Å². The van der Waals surface area contributed by atoms with E-state index in [2.05, 4.69) is 15.1 Å². The third-order valence-corrected chi connectivity index (χ3v) is 1.54. The Bertz CT molecular complexity index is 342. The van der Waals surface area contributed by atoms with Gasteiger partial charge in [0.25, 0.3) is 0 Å². The van der Waals surface area contributed by atoms with E-state index in [4.69, 9.17) is 20.8 Å². The van der Waals surface area contributed by atoms with E-state index >= 15 is 0 Å². The highest BCUT2D eigenvalue weighted by atomic mass is 16.5. The molecule has 0 amide bonds. The molecule has 0 bridgehead atoms. The van der Waals surface area contributed by atoms with Crippen molar-refractivity contribution in [3.8, 4) is 6.01 Å². The smallest absolute Gasteiger partial charge is 0.317 e. The zero-order valence-corrected chi connectivity index (χ0v) is 8.00. The second-order valence-electron chi connectivity index (χ2n) is 2.64. The molecular formula is C8H12N4O3. The summed E-state index contributed by atoms with van der Waals surface area (Å²) in [5.41, 5.74) is 5.62. The van der Waals surface area contributed by atoms with E-state index in [1.807, 2.05) is 0 Å². The first kappa shape index (κ1) is 11.2. The molecule has 15 heavy (non-hydrogen) atoms. The third kappa shape index (κ3) is 3.39. The van der Waals surface area contributed by atoms with E-state index in [9.17, 15) is 0 Å². The molecule has 0 aliphatic heterocycles. The molecule has 0 fully saturated rings. The molecule has 0 aromatic carbocycles. The Balaban J connectivity index is 2.66. The van der Waals surface area contributed by atoms with Crippen LogP contribution >= 0.6 is 0 Å². The zero-order valence-electron chi connectivity index (χ0n) is 8.00. The first-order chi connectivity index (χ1) is 7.27. The van der Waals surface area contributed by atoms with Gasteiger partial charge in [0.1, 0.15) is 5.69 Å². The lowest BCUT2D eigenvalue weighted by atomic mass is 10.4. The van der Waals surface area contributed by atoms with Gasteiger partial charge in [-0.15, -0.1) is 0 Å². The average Bonchev–Trinajstić information content (AvgIpc) is 2.29. The van der Waals surface area contributed by atoms with Crippen molar-refractivity contribution < 1.29 is 15.1 Å². The lowest BCUT2D eigenvalue weighted by Gasteiger charge is -2.03. The van der Waals surface area contributed by atoms with Crippen molar-refractivity contribution >= 4 is 5.84 Å². The molecule has 4 N–H and O–H groups in total. The fourth-order valence-electron chi connectivity index (χ4n) is 0.832. The Hall–Kier alpha value is -1.89. The number of rotatable bonds is 5. The number of nitrogens with two attached hydrogens (primary N) is 1. The molecule has 1 heterocycles. The average molecular weight is 212 g/mol. The SMILES string of the molecule is N/C(=N/O)c1ccnc(OCCCO)n1. The van der Waals surface area contributed by atoms with E-state index in [0.29, 0.717) is 13.0 Å². The van der Waals surface area contributed by atoms with Crippen molar-refractivity contribution in [2.75, 3.05) is 13.2 Å². The van der Waals surface area contributed by atoms with Crippen LogP contribution in [0.5, 0.6) is 6.01 Å². The van der Waals surface area contributed by atoms with Crippen LogP contribution in [0, 0.1) is 0 Å². The van der Waals surface area contributed by atoms with Gasteiger partial charge in [0.05, 0.1) is 6.61 Å². The number of aliphatic hydroxyl groups is 1. The van der Waals surface area contributed by atoms with Crippen molar-refractivity contribution in [2.24, 2.45) is 10.9 Å². The molecule has 1 aromatic rings. The number of hydrogen-bond acceptors (Lipinski definition) is 6. The summed E-state index contributed by atoms with van der Waals surface area (Å²) in [5.74, 6) is -0.107. The number of oxime groups is 1. The lowest BCUT2D eigenvalue weighted by molar-refractivity contribution is 0.224. The molecular weight excluding hydrogens is 200 g/mol. The summed E-state index contributed by atoms with van der Waals surface area (Å²) in [7, 11) is 0. The summed E-state index contributed by atoms with van der Waals surface area (Å²) >= 11 is 0. The maximum absolute atomic E-state index is 8.53. The van der Waals surface area contributed by atoms with Crippen molar-refractivity contribution in [1.82, 2.24) is 9.97 Å². The second kappa shape index (κ2) is 5.76. The van der Waals surface area contributed by atoms with E-state index in [-0.39, 0.29) is 24.1 Å². The van der Waals surface area contributed by atoms with Crippen molar-refractivity contribution in [3.05, 3.63) is 18.0 Å². The molecule has 0 saturated carbocycles. The first-order valence-corrected chi connectivity index (χ1v) is 4.32. The van der Waals surface area contributed by atoms with Crippen LogP contribution in [-0.2, 0) is 0 Å². The molecule has 0 spiro atoms. The van der Waals surface area contributed by atoms with Gasteiger partial charge in [-0.1, -0.05) is 5.16 Å². The predicted molar refractivity (Wildman–Crippen MR) is 51.7 cm³/mol. The second-order valence-corrected chi connectivity index (χ2v) is 2.64. The molecule has 1 aromatic heterocycles. The highest BCUT2D eigenvalue weighted by Gasteiger charge is 2.03.